The van der Waals surface area contributed by atoms with E-state index in [0.29, 0.717) is 11.4 Å². The van der Waals surface area contributed by atoms with Crippen LogP contribution in [0.2, 0.25) is 0 Å². The van der Waals surface area contributed by atoms with Crippen LogP contribution in [0, 0.1) is 18.3 Å². The van der Waals surface area contributed by atoms with E-state index in [1.807, 2.05) is 80.4 Å². The summed E-state index contributed by atoms with van der Waals surface area (Å²) in [4.78, 5) is 44.8. The van der Waals surface area contributed by atoms with Crippen LogP contribution in [-0.4, -0.2) is 53.8 Å². The fraction of sp³-hybridized carbons (Fsp3) is 0.227. The SMILES string of the molecule is C=[N-].CCCCCCCCc1csc(-c2cc(-c3ccccn3)nc(-c3ccccn3)c2)c1.C[CH+]C.O=C(O)c1ccnc(-c2cc(C(=O)O)ccn2)c1.[C-]#N.[Ru]. The van der Waals surface area contributed by atoms with Crippen LogP contribution in [0.15, 0.2) is 109 Å². The van der Waals surface area contributed by atoms with Crippen molar-refractivity contribution < 1.29 is 39.3 Å². The Morgan fingerprint density at radius 3 is 1.58 bits per heavy atom. The molecule has 0 amide bonds. The van der Waals surface area contributed by atoms with Crippen LogP contribution in [-0.2, 0) is 25.9 Å². The first-order valence-corrected chi connectivity index (χ1v) is 18.8. The van der Waals surface area contributed by atoms with Crippen molar-refractivity contribution in [3.63, 3.8) is 0 Å². The van der Waals surface area contributed by atoms with Gasteiger partial charge in [-0.2, -0.15) is 0 Å². The summed E-state index contributed by atoms with van der Waals surface area (Å²) in [6.45, 7) is 13.3. The number of aryl methyl sites for hydroxylation is 1. The van der Waals surface area contributed by atoms with Crippen LogP contribution in [0.5, 0.6) is 0 Å². The van der Waals surface area contributed by atoms with E-state index in [1.165, 1.54) is 91.2 Å². The first-order valence-electron chi connectivity index (χ1n) is 17.9. The van der Waals surface area contributed by atoms with Crippen LogP contribution in [0.4, 0.5) is 0 Å². The van der Waals surface area contributed by atoms with Crippen molar-refractivity contribution in [1.82, 2.24) is 24.9 Å². The summed E-state index contributed by atoms with van der Waals surface area (Å²) in [5.74, 6) is -2.15. The minimum absolute atomic E-state index is 0. The van der Waals surface area contributed by atoms with Gasteiger partial charge >= 0.3 is 11.9 Å². The Hall–Kier alpha value is -5.96. The standard InChI is InChI=1S/C27H29N3S.C12H8N2O4.C3H7.CH2N.CN.Ru/c1-2-3-4-5-6-7-12-21-17-27(31-20-21)22-18-25(23-13-8-10-15-28-23)30-26(19-22)24-14-9-11-16-29-24;15-11(16)7-1-3-13-9(5-7)10-6-8(12(17)18)2-4-14-10;1-3-2;2*1-2;/h8-11,13-20H,2-7,12H2,1H3;1-6H,(H,15,16)(H,17,18);3H,1-2H3;1H2;;/q;;+1;2*-1;. The molecule has 13 heteroatoms. The molecule has 0 atom stereocenters. The van der Waals surface area contributed by atoms with E-state index in [-0.39, 0.29) is 30.6 Å². The Labute approximate surface area is 352 Å². The summed E-state index contributed by atoms with van der Waals surface area (Å²) in [6.07, 6.45) is 17.5. The average Bonchev–Trinajstić information content (AvgIpc) is 3.74. The zero-order valence-electron chi connectivity index (χ0n) is 32.2. The van der Waals surface area contributed by atoms with Crippen LogP contribution in [0.25, 0.3) is 50.0 Å². The number of carboxylic acids is 2. The fourth-order valence-electron chi connectivity index (χ4n) is 5.14. The second kappa shape index (κ2) is 28.5. The molecular formula is C44H46N7O4RuS-. The Bertz CT molecular complexity index is 1970. The zero-order chi connectivity index (χ0) is 41.1. The predicted molar refractivity (Wildman–Crippen MR) is 224 cm³/mol. The van der Waals surface area contributed by atoms with Crippen molar-refractivity contribution in [1.29, 1.82) is 5.26 Å². The van der Waals surface area contributed by atoms with Crippen LogP contribution in [0.1, 0.15) is 85.6 Å². The third-order valence-electron chi connectivity index (χ3n) is 7.71. The van der Waals surface area contributed by atoms with E-state index >= 15 is 0 Å². The Balaban J connectivity index is 0.000000532. The summed E-state index contributed by atoms with van der Waals surface area (Å²) >= 11 is 1.81. The molecule has 0 radical (unpaired) electrons. The van der Waals surface area contributed by atoms with E-state index in [1.54, 1.807) is 0 Å². The quantitative estimate of drug-likeness (QED) is 0.0490. The van der Waals surface area contributed by atoms with E-state index in [0.717, 1.165) is 29.2 Å². The first-order chi connectivity index (χ1) is 27.3. The van der Waals surface area contributed by atoms with Gasteiger partial charge in [0.15, 0.2) is 0 Å². The van der Waals surface area contributed by atoms with Gasteiger partial charge in [-0.15, -0.1) is 11.3 Å². The van der Waals surface area contributed by atoms with E-state index in [2.05, 4.69) is 57.2 Å². The summed E-state index contributed by atoms with van der Waals surface area (Å²) in [5.41, 5.74) is 6.91. The first kappa shape index (κ1) is 49.1. The van der Waals surface area contributed by atoms with Gasteiger partial charge in [-0.1, -0.05) is 51.2 Å². The summed E-state index contributed by atoms with van der Waals surface area (Å²) in [6, 6.07) is 23.9. The summed E-state index contributed by atoms with van der Waals surface area (Å²) in [5, 5.41) is 33.0. The molecule has 0 bridgehead atoms. The van der Waals surface area contributed by atoms with E-state index in [9.17, 15) is 9.59 Å². The number of aromatic nitrogens is 5. The van der Waals surface area contributed by atoms with Crippen LogP contribution < -0.4 is 0 Å². The maximum absolute atomic E-state index is 10.8. The summed E-state index contributed by atoms with van der Waals surface area (Å²) in [7, 11) is 0. The number of carbonyl (C=O) groups is 2. The molecule has 0 aromatic carbocycles. The molecule has 0 saturated heterocycles. The predicted octanol–water partition coefficient (Wildman–Crippen LogP) is 11.0. The van der Waals surface area contributed by atoms with Crippen molar-refractivity contribution in [2.45, 2.75) is 65.7 Å². The number of hydrogen-bond acceptors (Lipinski definition) is 9. The molecule has 0 aliphatic rings. The largest absolute Gasteiger partial charge is 0.817 e. The van der Waals surface area contributed by atoms with Gasteiger partial charge in [0.2, 0.25) is 0 Å². The Morgan fingerprint density at radius 1 is 0.684 bits per heavy atom. The number of unbranched alkanes of at least 4 members (excludes halogenated alkanes) is 5. The molecule has 0 aliphatic heterocycles. The number of aromatic carboxylic acids is 2. The second-order valence-corrected chi connectivity index (χ2v) is 12.9. The van der Waals surface area contributed by atoms with Gasteiger partial charge in [-0.05, 0) is 96.1 Å². The minimum atomic E-state index is -1.08. The van der Waals surface area contributed by atoms with Gasteiger partial charge in [-0.3, -0.25) is 19.9 Å². The number of carboxylic acid groups (broad SMARTS) is 2. The third-order valence-corrected chi connectivity index (χ3v) is 8.74. The normalized spacial score (nSPS) is 9.49. The molecule has 296 valence electrons. The molecule has 0 aliphatic carbocycles. The van der Waals surface area contributed by atoms with E-state index in [4.69, 9.17) is 32.4 Å². The molecule has 57 heavy (non-hydrogen) atoms. The number of pyridine rings is 5. The van der Waals surface area contributed by atoms with E-state index < -0.39 is 11.9 Å². The number of rotatable bonds is 13. The molecule has 0 unspecified atom stereocenters. The molecule has 6 rings (SSSR count). The molecule has 0 fully saturated rings. The maximum Gasteiger partial charge on any atom is 0.335 e. The van der Waals surface area contributed by atoms with Crippen molar-refractivity contribution in [3.8, 4) is 44.6 Å². The van der Waals surface area contributed by atoms with Crippen molar-refractivity contribution in [2.75, 3.05) is 0 Å². The Kier molecular flexibility index (Phi) is 24.5. The number of hydrogen-bond donors (Lipinski definition) is 2. The van der Waals surface area contributed by atoms with Crippen LogP contribution in [0.3, 0.4) is 0 Å². The molecule has 6 aromatic heterocycles. The van der Waals surface area contributed by atoms with Crippen molar-refractivity contribution >= 4 is 30.0 Å². The molecule has 0 saturated carbocycles. The molecule has 6 aromatic rings. The maximum atomic E-state index is 10.8. The fourth-order valence-corrected chi connectivity index (χ4v) is 6.08. The molecule has 2 N–H and O–H groups in total. The van der Waals surface area contributed by atoms with Gasteiger partial charge in [0.1, 0.15) is 0 Å². The van der Waals surface area contributed by atoms with Crippen LogP contribution >= 0.6 is 11.3 Å². The summed E-state index contributed by atoms with van der Waals surface area (Å²) < 4.78 is 0. The monoisotopic (exact) mass is 870 g/mol. The Morgan fingerprint density at radius 2 is 1.14 bits per heavy atom. The second-order valence-electron chi connectivity index (χ2n) is 11.9. The molecule has 6 heterocycles. The van der Waals surface area contributed by atoms with Gasteiger partial charge in [0.25, 0.3) is 0 Å². The van der Waals surface area contributed by atoms with Crippen molar-refractivity contribution in [2.24, 2.45) is 0 Å². The number of nitrogens with zero attached hydrogens (tertiary/aromatic N) is 7. The average molecular weight is 870 g/mol. The van der Waals surface area contributed by atoms with Gasteiger partial charge in [0.05, 0.1) is 65.6 Å². The van der Waals surface area contributed by atoms with Gasteiger partial charge in [-0.25, -0.2) is 21.3 Å². The molecule has 0 spiro atoms. The molecular weight excluding hydrogens is 824 g/mol. The minimum Gasteiger partial charge on any atom is -0.817 e. The third kappa shape index (κ3) is 16.7. The smallest absolute Gasteiger partial charge is 0.335 e. The van der Waals surface area contributed by atoms with Crippen molar-refractivity contribution in [3.05, 3.63) is 144 Å². The number of thiophene rings is 1. The van der Waals surface area contributed by atoms with Gasteiger partial charge < -0.3 is 27.5 Å². The topological polar surface area (TPSA) is 185 Å². The van der Waals surface area contributed by atoms with Gasteiger partial charge in [0, 0.05) is 49.1 Å². The molecule has 11 nitrogen and oxygen atoms in total. The zero-order valence-corrected chi connectivity index (χ0v) is 34.8.